The minimum Gasteiger partial charge on any atom is -0.444 e. The maximum absolute atomic E-state index is 12.6. The molecule has 0 aromatic heterocycles. The maximum atomic E-state index is 12.6. The third kappa shape index (κ3) is 6.31. The van der Waals surface area contributed by atoms with Crippen LogP contribution in [0.1, 0.15) is 41.0 Å². The Morgan fingerprint density at radius 2 is 2.00 bits per heavy atom. The summed E-state index contributed by atoms with van der Waals surface area (Å²) in [5.74, 6) is 0.113. The molecule has 1 amide bonds. The standard InChI is InChI=1S/C11H22FNO2/c1-6-8(2)9(7-12)13-10(14)15-11(3,4)5/h8-9H,6-7H2,1-5H3,(H,13,14)/t8-,9+/m0/s1. The Balaban J connectivity index is 4.13. The minimum absolute atomic E-state index is 0.113. The first-order valence-corrected chi connectivity index (χ1v) is 5.35. The van der Waals surface area contributed by atoms with Crippen LogP contribution in [-0.4, -0.2) is 24.4 Å². The summed E-state index contributed by atoms with van der Waals surface area (Å²) in [6.45, 7) is 8.64. The van der Waals surface area contributed by atoms with Crippen molar-refractivity contribution in [3.63, 3.8) is 0 Å². The van der Waals surface area contributed by atoms with Crippen LogP contribution in [0.4, 0.5) is 9.18 Å². The van der Waals surface area contributed by atoms with Gasteiger partial charge in [-0.3, -0.25) is 0 Å². The van der Waals surface area contributed by atoms with Gasteiger partial charge in [0.15, 0.2) is 0 Å². The molecule has 0 unspecified atom stereocenters. The average Bonchev–Trinajstić information content (AvgIpc) is 2.10. The molecular weight excluding hydrogens is 197 g/mol. The zero-order chi connectivity index (χ0) is 12.1. The number of amides is 1. The van der Waals surface area contributed by atoms with E-state index >= 15 is 0 Å². The molecule has 0 saturated carbocycles. The second kappa shape index (κ2) is 5.93. The summed E-state index contributed by atoms with van der Waals surface area (Å²) in [4.78, 5) is 11.3. The third-order valence-corrected chi connectivity index (χ3v) is 2.20. The fourth-order valence-electron chi connectivity index (χ4n) is 1.08. The molecule has 0 aromatic rings. The van der Waals surface area contributed by atoms with Crippen LogP contribution in [0.15, 0.2) is 0 Å². The predicted octanol–water partition coefficient (Wildman–Crippen LogP) is 2.90. The molecule has 4 heteroatoms. The van der Waals surface area contributed by atoms with Crippen molar-refractivity contribution in [3.05, 3.63) is 0 Å². The summed E-state index contributed by atoms with van der Waals surface area (Å²) < 4.78 is 17.7. The number of ether oxygens (including phenoxy) is 1. The SMILES string of the molecule is CC[C@H](C)[C@@H](CF)NC(=O)OC(C)(C)C. The number of carbonyl (C=O) groups is 1. The summed E-state index contributed by atoms with van der Waals surface area (Å²) in [5.41, 5.74) is -0.541. The molecule has 0 aliphatic heterocycles. The van der Waals surface area contributed by atoms with Crippen molar-refractivity contribution < 1.29 is 13.9 Å². The van der Waals surface area contributed by atoms with E-state index in [1.807, 2.05) is 13.8 Å². The summed E-state index contributed by atoms with van der Waals surface area (Å²) >= 11 is 0. The van der Waals surface area contributed by atoms with Crippen LogP contribution in [0.25, 0.3) is 0 Å². The molecular formula is C11H22FNO2. The molecule has 0 saturated heterocycles. The van der Waals surface area contributed by atoms with Crippen molar-refractivity contribution >= 4 is 6.09 Å². The molecule has 3 nitrogen and oxygen atoms in total. The molecule has 0 heterocycles. The van der Waals surface area contributed by atoms with Gasteiger partial charge in [0.2, 0.25) is 0 Å². The number of alkyl carbamates (subject to hydrolysis) is 1. The van der Waals surface area contributed by atoms with E-state index in [0.717, 1.165) is 6.42 Å². The topological polar surface area (TPSA) is 38.3 Å². The van der Waals surface area contributed by atoms with Gasteiger partial charge in [0.05, 0.1) is 6.04 Å². The molecule has 90 valence electrons. The third-order valence-electron chi connectivity index (χ3n) is 2.20. The van der Waals surface area contributed by atoms with Crippen molar-refractivity contribution in [2.45, 2.75) is 52.7 Å². The normalized spacial score (nSPS) is 15.6. The van der Waals surface area contributed by atoms with Gasteiger partial charge >= 0.3 is 6.09 Å². The molecule has 0 bridgehead atoms. The van der Waals surface area contributed by atoms with Gasteiger partial charge < -0.3 is 10.1 Å². The number of alkyl halides is 1. The Morgan fingerprint density at radius 1 is 1.47 bits per heavy atom. The van der Waals surface area contributed by atoms with E-state index < -0.39 is 24.4 Å². The monoisotopic (exact) mass is 219 g/mol. The van der Waals surface area contributed by atoms with Gasteiger partial charge in [0.1, 0.15) is 12.3 Å². The second-order valence-electron chi connectivity index (χ2n) is 4.79. The molecule has 15 heavy (non-hydrogen) atoms. The Labute approximate surface area is 91.4 Å². The van der Waals surface area contributed by atoms with Crippen LogP contribution < -0.4 is 5.32 Å². The van der Waals surface area contributed by atoms with Crippen molar-refractivity contribution in [1.82, 2.24) is 5.32 Å². The Hall–Kier alpha value is -0.800. The lowest BCUT2D eigenvalue weighted by atomic mass is 10.0. The van der Waals surface area contributed by atoms with E-state index in [9.17, 15) is 9.18 Å². The van der Waals surface area contributed by atoms with E-state index in [1.54, 1.807) is 20.8 Å². The lowest BCUT2D eigenvalue weighted by Crippen LogP contribution is -2.43. The molecule has 1 N–H and O–H groups in total. The number of hydrogen-bond acceptors (Lipinski definition) is 2. The zero-order valence-electron chi connectivity index (χ0n) is 10.3. The number of nitrogens with one attached hydrogen (secondary N) is 1. The fraction of sp³-hybridized carbons (Fsp3) is 0.909. The van der Waals surface area contributed by atoms with Gasteiger partial charge in [-0.05, 0) is 26.7 Å². The fourth-order valence-corrected chi connectivity index (χ4v) is 1.08. The van der Waals surface area contributed by atoms with E-state index in [1.165, 1.54) is 0 Å². The predicted molar refractivity (Wildman–Crippen MR) is 58.6 cm³/mol. The maximum Gasteiger partial charge on any atom is 0.407 e. The van der Waals surface area contributed by atoms with Crippen molar-refractivity contribution in [1.29, 1.82) is 0 Å². The highest BCUT2D eigenvalue weighted by atomic mass is 19.1. The van der Waals surface area contributed by atoms with Gasteiger partial charge in [-0.2, -0.15) is 0 Å². The Kier molecular flexibility index (Phi) is 5.61. The molecule has 0 aliphatic carbocycles. The largest absolute Gasteiger partial charge is 0.444 e. The highest BCUT2D eigenvalue weighted by Crippen LogP contribution is 2.11. The van der Waals surface area contributed by atoms with E-state index in [4.69, 9.17) is 4.74 Å². The highest BCUT2D eigenvalue weighted by molar-refractivity contribution is 5.68. The summed E-state index contributed by atoms with van der Waals surface area (Å²) in [6.07, 6.45) is 0.273. The molecule has 0 rings (SSSR count). The Morgan fingerprint density at radius 3 is 2.33 bits per heavy atom. The smallest absolute Gasteiger partial charge is 0.407 e. The van der Waals surface area contributed by atoms with E-state index in [0.29, 0.717) is 0 Å². The van der Waals surface area contributed by atoms with E-state index in [2.05, 4.69) is 5.32 Å². The van der Waals surface area contributed by atoms with Gasteiger partial charge in [-0.15, -0.1) is 0 Å². The first kappa shape index (κ1) is 14.2. The van der Waals surface area contributed by atoms with Crippen LogP contribution in [0.5, 0.6) is 0 Å². The second-order valence-corrected chi connectivity index (χ2v) is 4.79. The van der Waals surface area contributed by atoms with Crippen LogP contribution in [-0.2, 0) is 4.74 Å². The number of hydrogen-bond donors (Lipinski definition) is 1. The quantitative estimate of drug-likeness (QED) is 0.789. The molecule has 0 aromatic carbocycles. The van der Waals surface area contributed by atoms with Crippen molar-refractivity contribution in [2.75, 3.05) is 6.67 Å². The molecule has 0 fully saturated rings. The number of rotatable bonds is 4. The molecule has 0 aliphatic rings. The van der Waals surface area contributed by atoms with E-state index in [-0.39, 0.29) is 5.92 Å². The summed E-state index contributed by atoms with van der Waals surface area (Å²) in [5, 5.41) is 2.54. The highest BCUT2D eigenvalue weighted by Gasteiger charge is 2.22. The number of carbonyl (C=O) groups excluding carboxylic acids is 1. The molecule has 0 radical (unpaired) electrons. The van der Waals surface area contributed by atoms with Gasteiger partial charge in [-0.1, -0.05) is 20.3 Å². The minimum atomic E-state index is -0.561. The van der Waals surface area contributed by atoms with Crippen molar-refractivity contribution in [3.8, 4) is 0 Å². The number of halogens is 1. The summed E-state index contributed by atoms with van der Waals surface area (Å²) in [7, 11) is 0. The van der Waals surface area contributed by atoms with Gasteiger partial charge in [0, 0.05) is 0 Å². The van der Waals surface area contributed by atoms with Crippen LogP contribution in [0, 0.1) is 5.92 Å². The average molecular weight is 219 g/mol. The van der Waals surface area contributed by atoms with Crippen molar-refractivity contribution in [2.24, 2.45) is 5.92 Å². The van der Waals surface area contributed by atoms with Crippen LogP contribution >= 0.6 is 0 Å². The first-order chi connectivity index (χ1) is 6.80. The first-order valence-electron chi connectivity index (χ1n) is 5.35. The van der Waals surface area contributed by atoms with Gasteiger partial charge in [0.25, 0.3) is 0 Å². The van der Waals surface area contributed by atoms with Gasteiger partial charge in [-0.25, -0.2) is 9.18 Å². The Bertz CT molecular complexity index is 201. The zero-order valence-corrected chi connectivity index (χ0v) is 10.3. The van der Waals surface area contributed by atoms with Crippen LogP contribution in [0.2, 0.25) is 0 Å². The lowest BCUT2D eigenvalue weighted by molar-refractivity contribution is 0.0476. The molecule has 0 spiro atoms. The molecule has 2 atom stereocenters. The lowest BCUT2D eigenvalue weighted by Gasteiger charge is -2.25. The van der Waals surface area contributed by atoms with Crippen LogP contribution in [0.3, 0.4) is 0 Å². The summed E-state index contributed by atoms with van der Waals surface area (Å²) in [6, 6.07) is -0.454.